The number of hydrogen-bond acceptors (Lipinski definition) is 5. The molecule has 0 fully saturated rings. The van der Waals surface area contributed by atoms with Crippen molar-refractivity contribution < 1.29 is 14.3 Å². The van der Waals surface area contributed by atoms with Crippen molar-refractivity contribution in [3.8, 4) is 5.75 Å². The lowest BCUT2D eigenvalue weighted by Crippen LogP contribution is -2.30. The molecule has 0 saturated heterocycles. The van der Waals surface area contributed by atoms with Crippen molar-refractivity contribution in [1.82, 2.24) is 15.0 Å². The first-order chi connectivity index (χ1) is 13.3. The Hall–Kier alpha value is -3.22. The molecule has 0 spiro atoms. The molecule has 0 aliphatic carbocycles. The van der Waals surface area contributed by atoms with Gasteiger partial charge in [-0.3, -0.25) is 4.79 Å². The normalized spacial score (nSPS) is 12.0. The number of nitrogens with zero attached hydrogens (tertiary/aromatic N) is 2. The molecule has 7 heteroatoms. The molecule has 3 aromatic rings. The van der Waals surface area contributed by atoms with Crippen molar-refractivity contribution in [1.29, 1.82) is 0 Å². The number of H-pyrrole nitrogens is 1. The van der Waals surface area contributed by atoms with E-state index in [9.17, 15) is 9.59 Å². The zero-order valence-corrected chi connectivity index (χ0v) is 16.5. The Balaban J connectivity index is 1.66. The maximum Gasteiger partial charge on any atom is 0.266 e. The van der Waals surface area contributed by atoms with E-state index < -0.39 is 6.10 Å². The number of amides is 1. The number of benzene rings is 1. The van der Waals surface area contributed by atoms with Crippen LogP contribution in [0.15, 0.2) is 30.6 Å². The van der Waals surface area contributed by atoms with Gasteiger partial charge >= 0.3 is 0 Å². The van der Waals surface area contributed by atoms with Gasteiger partial charge in [-0.2, -0.15) is 0 Å². The molecule has 28 heavy (non-hydrogen) atoms. The summed E-state index contributed by atoms with van der Waals surface area (Å²) in [6, 6.07) is 7.43. The van der Waals surface area contributed by atoms with E-state index in [0.717, 1.165) is 22.2 Å². The Kier molecular flexibility index (Phi) is 5.73. The molecule has 2 aromatic heterocycles. The molecule has 146 valence electrons. The van der Waals surface area contributed by atoms with Crippen LogP contribution in [0.25, 0.3) is 11.0 Å². The number of Topliss-reactive ketones (excluding diaryl/α,β-unsaturated/α-hetero) is 1. The Labute approximate surface area is 163 Å². The van der Waals surface area contributed by atoms with E-state index in [0.29, 0.717) is 30.1 Å². The predicted molar refractivity (Wildman–Crippen MR) is 108 cm³/mol. The molecular weight excluding hydrogens is 356 g/mol. The fourth-order valence-electron chi connectivity index (χ4n) is 2.92. The van der Waals surface area contributed by atoms with Gasteiger partial charge in [0.2, 0.25) is 0 Å². The van der Waals surface area contributed by atoms with E-state index in [-0.39, 0.29) is 11.7 Å². The van der Waals surface area contributed by atoms with Crippen LogP contribution in [0.3, 0.4) is 0 Å². The summed E-state index contributed by atoms with van der Waals surface area (Å²) in [7, 11) is 0. The van der Waals surface area contributed by atoms with Gasteiger partial charge in [0.25, 0.3) is 5.91 Å². The largest absolute Gasteiger partial charge is 0.481 e. The topological polar surface area (TPSA) is 97.0 Å². The first-order valence-corrected chi connectivity index (χ1v) is 9.21. The third-order valence-electron chi connectivity index (χ3n) is 4.70. The van der Waals surface area contributed by atoms with E-state index in [1.54, 1.807) is 13.8 Å². The van der Waals surface area contributed by atoms with Crippen molar-refractivity contribution in [3.63, 3.8) is 0 Å². The lowest BCUT2D eigenvalue weighted by molar-refractivity contribution is -0.122. The van der Waals surface area contributed by atoms with Crippen LogP contribution in [0.4, 0.5) is 5.82 Å². The molecule has 0 radical (unpaired) electrons. The highest BCUT2D eigenvalue weighted by molar-refractivity contribution is 6.01. The van der Waals surface area contributed by atoms with Crippen molar-refractivity contribution in [2.45, 2.75) is 46.6 Å². The Bertz CT molecular complexity index is 1010. The van der Waals surface area contributed by atoms with E-state index >= 15 is 0 Å². The molecule has 1 aromatic carbocycles. The minimum Gasteiger partial charge on any atom is -0.481 e. The van der Waals surface area contributed by atoms with Crippen LogP contribution in [0.2, 0.25) is 0 Å². The molecule has 2 N–H and O–H groups in total. The molecule has 2 heterocycles. The number of hydrogen-bond donors (Lipinski definition) is 2. The van der Waals surface area contributed by atoms with Gasteiger partial charge in [-0.15, -0.1) is 0 Å². The first kappa shape index (κ1) is 19.5. The van der Waals surface area contributed by atoms with Crippen LogP contribution in [-0.4, -0.2) is 32.7 Å². The molecule has 0 aliphatic rings. The van der Waals surface area contributed by atoms with Crippen LogP contribution in [0.5, 0.6) is 5.75 Å². The lowest BCUT2D eigenvalue weighted by atomic mass is 10.1. The molecule has 0 saturated carbocycles. The van der Waals surface area contributed by atoms with E-state index in [1.807, 2.05) is 38.1 Å². The number of nitrogens with one attached hydrogen (secondary N) is 2. The zero-order valence-electron chi connectivity index (χ0n) is 16.5. The van der Waals surface area contributed by atoms with Crippen molar-refractivity contribution in [2.24, 2.45) is 0 Å². The standard InChI is InChI=1S/C21H24N4O3/c1-12(26)5-6-16-7-9-17(10-8-16)28-15(4)21(27)25-20-18-13(2)14(3)24-19(18)22-11-23-20/h7-11,15H,5-6H2,1-4H3,(H2,22,23,24,25,27). The highest BCUT2D eigenvalue weighted by Gasteiger charge is 2.19. The Morgan fingerprint density at radius 3 is 2.57 bits per heavy atom. The number of anilines is 1. The van der Waals surface area contributed by atoms with Crippen LogP contribution in [0.1, 0.15) is 37.1 Å². The SMILES string of the molecule is CC(=O)CCc1ccc(OC(C)C(=O)Nc2ncnc3[nH]c(C)c(C)c23)cc1. The molecule has 7 nitrogen and oxygen atoms in total. The third kappa shape index (κ3) is 4.36. The zero-order chi connectivity index (χ0) is 20.3. The summed E-state index contributed by atoms with van der Waals surface area (Å²) in [5.41, 5.74) is 3.73. The van der Waals surface area contributed by atoms with Crippen LogP contribution >= 0.6 is 0 Å². The number of aromatic nitrogens is 3. The minimum absolute atomic E-state index is 0.164. The molecular formula is C21H24N4O3. The first-order valence-electron chi connectivity index (χ1n) is 9.21. The lowest BCUT2D eigenvalue weighted by Gasteiger charge is -2.15. The van der Waals surface area contributed by atoms with Gasteiger partial charge in [-0.25, -0.2) is 9.97 Å². The summed E-state index contributed by atoms with van der Waals surface area (Å²) in [4.78, 5) is 35.3. The van der Waals surface area contributed by atoms with Gasteiger partial charge in [0.1, 0.15) is 29.3 Å². The number of carbonyl (C=O) groups excluding carboxylic acids is 2. The summed E-state index contributed by atoms with van der Waals surface area (Å²) in [6.07, 6.45) is 1.93. The Morgan fingerprint density at radius 2 is 1.89 bits per heavy atom. The molecule has 0 aliphatic heterocycles. The van der Waals surface area contributed by atoms with Crippen LogP contribution in [0, 0.1) is 13.8 Å². The summed E-state index contributed by atoms with van der Waals surface area (Å²) >= 11 is 0. The molecule has 1 atom stereocenters. The van der Waals surface area contributed by atoms with E-state index in [2.05, 4.69) is 20.3 Å². The van der Waals surface area contributed by atoms with Gasteiger partial charge in [0.05, 0.1) is 5.39 Å². The smallest absolute Gasteiger partial charge is 0.266 e. The monoisotopic (exact) mass is 380 g/mol. The minimum atomic E-state index is -0.701. The van der Waals surface area contributed by atoms with Crippen LogP contribution in [-0.2, 0) is 16.0 Å². The number of rotatable bonds is 7. The number of ether oxygens (including phenoxy) is 1. The second kappa shape index (κ2) is 8.21. The van der Waals surface area contributed by atoms with Gasteiger partial charge in [-0.1, -0.05) is 12.1 Å². The van der Waals surface area contributed by atoms with Gasteiger partial charge in [-0.05, 0) is 57.4 Å². The molecule has 0 bridgehead atoms. The van der Waals surface area contributed by atoms with E-state index in [4.69, 9.17) is 4.74 Å². The number of aryl methyl sites for hydroxylation is 3. The molecule has 1 unspecified atom stereocenters. The van der Waals surface area contributed by atoms with E-state index in [1.165, 1.54) is 6.33 Å². The van der Waals surface area contributed by atoms with Crippen LogP contribution < -0.4 is 10.1 Å². The van der Waals surface area contributed by atoms with Crippen molar-refractivity contribution in [3.05, 3.63) is 47.4 Å². The highest BCUT2D eigenvalue weighted by Crippen LogP contribution is 2.25. The third-order valence-corrected chi connectivity index (χ3v) is 4.70. The van der Waals surface area contributed by atoms with Gasteiger partial charge < -0.3 is 19.8 Å². The average molecular weight is 380 g/mol. The highest BCUT2D eigenvalue weighted by atomic mass is 16.5. The second-order valence-corrected chi connectivity index (χ2v) is 6.92. The number of ketones is 1. The molecule has 1 amide bonds. The predicted octanol–water partition coefficient (Wildman–Crippen LogP) is 3.50. The van der Waals surface area contributed by atoms with Gasteiger partial charge in [0, 0.05) is 12.1 Å². The number of aromatic amines is 1. The fourth-order valence-corrected chi connectivity index (χ4v) is 2.92. The van der Waals surface area contributed by atoms with Crippen molar-refractivity contribution in [2.75, 3.05) is 5.32 Å². The summed E-state index contributed by atoms with van der Waals surface area (Å²) < 4.78 is 5.75. The summed E-state index contributed by atoms with van der Waals surface area (Å²) in [5, 5.41) is 3.63. The molecule has 3 rings (SSSR count). The number of carbonyl (C=O) groups is 2. The fraction of sp³-hybridized carbons (Fsp3) is 0.333. The second-order valence-electron chi connectivity index (χ2n) is 6.92. The van der Waals surface area contributed by atoms with Gasteiger partial charge in [0.15, 0.2) is 6.10 Å². The quantitative estimate of drug-likeness (QED) is 0.654. The maximum absolute atomic E-state index is 12.6. The summed E-state index contributed by atoms with van der Waals surface area (Å²) in [5.74, 6) is 0.929. The number of fused-ring (bicyclic) bond motifs is 1. The Morgan fingerprint density at radius 1 is 1.18 bits per heavy atom. The summed E-state index contributed by atoms with van der Waals surface area (Å²) in [6.45, 7) is 7.18. The average Bonchev–Trinajstić information content (AvgIpc) is 2.96. The maximum atomic E-state index is 12.6. The van der Waals surface area contributed by atoms with Crippen molar-refractivity contribution >= 4 is 28.5 Å².